The highest BCUT2D eigenvalue weighted by molar-refractivity contribution is 7.99. The summed E-state index contributed by atoms with van der Waals surface area (Å²) in [7, 11) is -3.07. The largest absolute Gasteiger partial charge is 0.431 e. The van der Waals surface area contributed by atoms with E-state index < -0.39 is 9.84 Å². The summed E-state index contributed by atoms with van der Waals surface area (Å²) < 4.78 is 30.4. The van der Waals surface area contributed by atoms with E-state index in [1.807, 2.05) is 65.6 Å². The summed E-state index contributed by atoms with van der Waals surface area (Å²) in [6, 6.07) is 19.6. The second-order valence-electron chi connectivity index (χ2n) is 8.97. The minimum absolute atomic E-state index is 0.0280. The Bertz CT molecular complexity index is 1180. The fraction of sp³-hybridized carbons (Fsp3) is 0.385. The van der Waals surface area contributed by atoms with Crippen molar-refractivity contribution < 1.29 is 17.6 Å². The number of nitrogens with zero attached hydrogens (tertiary/aromatic N) is 2. The molecule has 5 rings (SSSR count). The van der Waals surface area contributed by atoms with E-state index in [0.29, 0.717) is 17.4 Å². The van der Waals surface area contributed by atoms with Gasteiger partial charge in [0.25, 0.3) is 5.22 Å². The fourth-order valence-corrected chi connectivity index (χ4v) is 7.43. The Morgan fingerprint density at radius 1 is 0.941 bits per heavy atom. The first kappa shape index (κ1) is 23.2. The van der Waals surface area contributed by atoms with Crippen molar-refractivity contribution in [1.29, 1.82) is 0 Å². The van der Waals surface area contributed by atoms with Crippen molar-refractivity contribution in [3.63, 3.8) is 0 Å². The number of thioether (sulfide) groups is 1. The highest BCUT2D eigenvalue weighted by Gasteiger charge is 2.39. The monoisotopic (exact) mass is 496 g/mol. The van der Waals surface area contributed by atoms with Gasteiger partial charge in [-0.1, -0.05) is 85.3 Å². The average molecular weight is 497 g/mol. The van der Waals surface area contributed by atoms with Gasteiger partial charge in [-0.2, -0.15) is 0 Å². The van der Waals surface area contributed by atoms with Crippen LogP contribution in [-0.4, -0.2) is 53.6 Å². The van der Waals surface area contributed by atoms with Gasteiger partial charge in [-0.15, -0.1) is 0 Å². The van der Waals surface area contributed by atoms with Crippen LogP contribution >= 0.6 is 11.8 Å². The number of benzene rings is 2. The lowest BCUT2D eigenvalue weighted by molar-refractivity contribution is -0.132. The smallest absolute Gasteiger partial charge is 0.257 e. The standard InChI is InChI=1S/C26H28N2O4S2/c29-23(28(21-13-7-8-14-21)22-15-16-34(30,31)18-22)17-33-26-27-24(19-9-3-1-4-10-19)25(32-26)20-11-5-2-6-12-20/h1-6,9-12,21-22H,7-8,13-18H2/t22-/m0/s1. The van der Waals surface area contributed by atoms with Crippen LogP contribution in [-0.2, 0) is 14.6 Å². The lowest BCUT2D eigenvalue weighted by atomic mass is 10.1. The molecule has 178 valence electrons. The molecule has 0 bridgehead atoms. The maximum Gasteiger partial charge on any atom is 0.257 e. The zero-order valence-electron chi connectivity index (χ0n) is 18.9. The van der Waals surface area contributed by atoms with E-state index in [-0.39, 0.29) is 35.2 Å². The van der Waals surface area contributed by atoms with E-state index in [4.69, 9.17) is 9.40 Å². The molecule has 34 heavy (non-hydrogen) atoms. The predicted octanol–water partition coefficient (Wildman–Crippen LogP) is 5.06. The Hall–Kier alpha value is -2.58. The van der Waals surface area contributed by atoms with Gasteiger partial charge in [0.15, 0.2) is 15.6 Å². The van der Waals surface area contributed by atoms with E-state index in [0.717, 1.165) is 42.5 Å². The molecule has 1 aromatic heterocycles. The Kier molecular flexibility index (Phi) is 6.79. The molecule has 1 atom stereocenters. The lowest BCUT2D eigenvalue weighted by Gasteiger charge is -2.34. The Morgan fingerprint density at radius 2 is 1.59 bits per heavy atom. The van der Waals surface area contributed by atoms with Crippen LogP contribution in [0.15, 0.2) is 70.3 Å². The third-order valence-corrected chi connectivity index (χ3v) is 9.18. The number of oxazole rings is 1. The van der Waals surface area contributed by atoms with Crippen LogP contribution in [0.3, 0.4) is 0 Å². The molecule has 1 aliphatic heterocycles. The second-order valence-corrected chi connectivity index (χ2v) is 12.1. The van der Waals surface area contributed by atoms with E-state index in [1.54, 1.807) is 0 Å². The molecule has 6 nitrogen and oxygen atoms in total. The Morgan fingerprint density at radius 3 is 2.21 bits per heavy atom. The molecule has 0 radical (unpaired) electrons. The minimum atomic E-state index is -3.07. The van der Waals surface area contributed by atoms with Crippen molar-refractivity contribution in [1.82, 2.24) is 9.88 Å². The molecular formula is C26H28N2O4S2. The van der Waals surface area contributed by atoms with Gasteiger partial charge in [-0.25, -0.2) is 13.4 Å². The zero-order chi connectivity index (χ0) is 23.5. The van der Waals surface area contributed by atoms with Crippen LogP contribution in [0.4, 0.5) is 0 Å². The van der Waals surface area contributed by atoms with Crippen molar-refractivity contribution in [2.24, 2.45) is 0 Å². The molecule has 2 fully saturated rings. The minimum Gasteiger partial charge on any atom is -0.431 e. The van der Waals surface area contributed by atoms with Crippen LogP contribution in [0.5, 0.6) is 0 Å². The van der Waals surface area contributed by atoms with Gasteiger partial charge >= 0.3 is 0 Å². The number of amides is 1. The summed E-state index contributed by atoms with van der Waals surface area (Å²) in [4.78, 5) is 20.0. The molecule has 2 aromatic carbocycles. The first-order valence-electron chi connectivity index (χ1n) is 11.8. The molecule has 1 amide bonds. The van der Waals surface area contributed by atoms with Crippen molar-refractivity contribution >= 4 is 27.5 Å². The first-order valence-corrected chi connectivity index (χ1v) is 14.6. The molecule has 1 saturated carbocycles. The number of aromatic nitrogens is 1. The van der Waals surface area contributed by atoms with Gasteiger partial charge in [-0.3, -0.25) is 4.79 Å². The Balaban J connectivity index is 1.37. The SMILES string of the molecule is O=C(CSc1nc(-c2ccccc2)c(-c2ccccc2)o1)N(C1CCCC1)[C@H]1CCS(=O)(=O)C1. The maximum atomic E-state index is 13.4. The molecule has 2 heterocycles. The quantitative estimate of drug-likeness (QED) is 0.426. The van der Waals surface area contributed by atoms with Crippen LogP contribution in [0.1, 0.15) is 32.1 Å². The topological polar surface area (TPSA) is 80.5 Å². The summed E-state index contributed by atoms with van der Waals surface area (Å²) in [5, 5.41) is 0.441. The number of rotatable bonds is 7. The van der Waals surface area contributed by atoms with Gasteiger partial charge in [0.2, 0.25) is 5.91 Å². The lowest BCUT2D eigenvalue weighted by Crippen LogP contribution is -2.47. The van der Waals surface area contributed by atoms with Crippen molar-refractivity contribution in [2.45, 2.75) is 49.4 Å². The fourth-order valence-electron chi connectivity index (χ4n) is 5.02. The molecular weight excluding hydrogens is 468 g/mol. The molecule has 0 N–H and O–H groups in total. The molecule has 1 saturated heterocycles. The van der Waals surface area contributed by atoms with Crippen LogP contribution in [0.2, 0.25) is 0 Å². The summed E-state index contributed by atoms with van der Waals surface area (Å²) in [6.45, 7) is 0. The van der Waals surface area contributed by atoms with Gasteiger partial charge < -0.3 is 9.32 Å². The van der Waals surface area contributed by atoms with Gasteiger partial charge in [0.05, 0.1) is 17.3 Å². The van der Waals surface area contributed by atoms with Gasteiger partial charge in [-0.05, 0) is 19.3 Å². The second kappa shape index (κ2) is 9.96. The predicted molar refractivity (Wildman–Crippen MR) is 134 cm³/mol. The van der Waals surface area contributed by atoms with E-state index >= 15 is 0 Å². The summed E-state index contributed by atoms with van der Waals surface area (Å²) in [5.74, 6) is 1.07. The summed E-state index contributed by atoms with van der Waals surface area (Å²) in [5.41, 5.74) is 2.62. The molecule has 0 unspecified atom stereocenters. The molecule has 8 heteroatoms. The van der Waals surface area contributed by atoms with Gasteiger partial charge in [0.1, 0.15) is 5.69 Å². The zero-order valence-corrected chi connectivity index (χ0v) is 20.6. The number of carbonyl (C=O) groups is 1. The van der Waals surface area contributed by atoms with Gasteiger partial charge in [0, 0.05) is 23.2 Å². The number of hydrogen-bond donors (Lipinski definition) is 0. The van der Waals surface area contributed by atoms with E-state index in [2.05, 4.69) is 0 Å². The van der Waals surface area contributed by atoms with E-state index in [9.17, 15) is 13.2 Å². The van der Waals surface area contributed by atoms with Crippen LogP contribution in [0, 0.1) is 0 Å². The summed E-state index contributed by atoms with van der Waals surface area (Å²) in [6.07, 6.45) is 4.60. The number of hydrogen-bond acceptors (Lipinski definition) is 6. The number of sulfone groups is 1. The molecule has 0 spiro atoms. The summed E-state index contributed by atoms with van der Waals surface area (Å²) >= 11 is 1.28. The van der Waals surface area contributed by atoms with E-state index in [1.165, 1.54) is 11.8 Å². The molecule has 2 aliphatic rings. The third-order valence-electron chi connectivity index (χ3n) is 6.62. The highest BCUT2D eigenvalue weighted by atomic mass is 32.2. The van der Waals surface area contributed by atoms with Crippen molar-refractivity contribution in [3.8, 4) is 22.6 Å². The van der Waals surface area contributed by atoms with Crippen molar-refractivity contribution in [2.75, 3.05) is 17.3 Å². The highest BCUT2D eigenvalue weighted by Crippen LogP contribution is 2.36. The number of carbonyl (C=O) groups excluding carboxylic acids is 1. The van der Waals surface area contributed by atoms with Crippen molar-refractivity contribution in [3.05, 3.63) is 60.7 Å². The normalized spacial score (nSPS) is 19.9. The average Bonchev–Trinajstić information content (AvgIpc) is 3.60. The van der Waals surface area contributed by atoms with Crippen LogP contribution in [0.25, 0.3) is 22.6 Å². The Labute approximate surface area is 204 Å². The maximum absolute atomic E-state index is 13.4. The first-order chi connectivity index (χ1) is 16.5. The van der Waals surface area contributed by atoms with Crippen LogP contribution < -0.4 is 0 Å². The molecule has 3 aromatic rings. The molecule has 1 aliphatic carbocycles. The third kappa shape index (κ3) is 5.08.